The van der Waals surface area contributed by atoms with Gasteiger partial charge in [0.15, 0.2) is 0 Å². The molecule has 1 atom stereocenters. The van der Waals surface area contributed by atoms with Crippen molar-refractivity contribution in [2.75, 3.05) is 11.6 Å². The van der Waals surface area contributed by atoms with Crippen LogP contribution in [0.1, 0.15) is 36.1 Å². The highest BCUT2D eigenvalue weighted by Gasteiger charge is 2.27. The number of benzene rings is 1. The number of aromatic hydroxyl groups is 1. The highest BCUT2D eigenvalue weighted by molar-refractivity contribution is 7.53. The van der Waals surface area contributed by atoms with Gasteiger partial charge in [0.2, 0.25) is 0 Å². The third kappa shape index (κ3) is 4.33. The normalized spacial score (nSPS) is 13.3. The SMILES string of the molecule is CCc1c(C)c(O)c(C)c(CC)c1OP(=O)(O)CNc1cccnc1. The first-order chi connectivity index (χ1) is 11.8. The summed E-state index contributed by atoms with van der Waals surface area (Å²) in [5.41, 5.74) is 3.54. The molecule has 6 nitrogen and oxygen atoms in total. The minimum atomic E-state index is -3.94. The molecule has 7 heteroatoms. The molecule has 0 bridgehead atoms. The van der Waals surface area contributed by atoms with Crippen LogP contribution in [0.25, 0.3) is 0 Å². The summed E-state index contributed by atoms with van der Waals surface area (Å²) in [6.45, 7) is 7.45. The maximum atomic E-state index is 12.6. The van der Waals surface area contributed by atoms with Crippen LogP contribution in [0.4, 0.5) is 5.69 Å². The highest BCUT2D eigenvalue weighted by atomic mass is 31.2. The fraction of sp³-hybridized carbons (Fsp3) is 0.389. The van der Waals surface area contributed by atoms with Crippen LogP contribution in [-0.4, -0.2) is 21.3 Å². The Hall–Kier alpha value is -2.04. The van der Waals surface area contributed by atoms with Gasteiger partial charge in [0.1, 0.15) is 17.8 Å². The lowest BCUT2D eigenvalue weighted by Crippen LogP contribution is -2.10. The van der Waals surface area contributed by atoms with Crippen LogP contribution in [0.5, 0.6) is 11.5 Å². The smallest absolute Gasteiger partial charge is 0.395 e. The molecule has 0 saturated carbocycles. The number of rotatable bonds is 7. The van der Waals surface area contributed by atoms with E-state index in [9.17, 15) is 14.6 Å². The van der Waals surface area contributed by atoms with Crippen molar-refractivity contribution in [3.8, 4) is 11.5 Å². The van der Waals surface area contributed by atoms with E-state index in [1.807, 2.05) is 13.8 Å². The van der Waals surface area contributed by atoms with Crippen molar-refractivity contribution in [2.24, 2.45) is 0 Å². The molecule has 0 aliphatic carbocycles. The van der Waals surface area contributed by atoms with Gasteiger partial charge >= 0.3 is 7.60 Å². The first-order valence-electron chi connectivity index (χ1n) is 8.29. The van der Waals surface area contributed by atoms with Crippen molar-refractivity contribution in [3.63, 3.8) is 0 Å². The zero-order valence-corrected chi connectivity index (χ0v) is 15.9. The summed E-state index contributed by atoms with van der Waals surface area (Å²) in [7, 11) is -3.94. The van der Waals surface area contributed by atoms with Crippen LogP contribution in [0, 0.1) is 13.8 Å². The second kappa shape index (κ2) is 7.89. The Morgan fingerprint density at radius 2 is 1.80 bits per heavy atom. The van der Waals surface area contributed by atoms with E-state index in [2.05, 4.69) is 10.3 Å². The van der Waals surface area contributed by atoms with Crippen molar-refractivity contribution >= 4 is 13.3 Å². The molecule has 1 unspecified atom stereocenters. The number of hydrogen-bond donors (Lipinski definition) is 3. The van der Waals surface area contributed by atoms with Crippen LogP contribution >= 0.6 is 7.60 Å². The van der Waals surface area contributed by atoms with Crippen molar-refractivity contribution in [2.45, 2.75) is 40.5 Å². The van der Waals surface area contributed by atoms with Gasteiger partial charge in [0, 0.05) is 23.5 Å². The van der Waals surface area contributed by atoms with Crippen molar-refractivity contribution in [3.05, 3.63) is 46.8 Å². The van der Waals surface area contributed by atoms with Crippen molar-refractivity contribution < 1.29 is 19.1 Å². The molecule has 0 radical (unpaired) electrons. The quantitative estimate of drug-likeness (QED) is 0.639. The Kier molecular flexibility index (Phi) is 6.09. The van der Waals surface area contributed by atoms with E-state index in [0.717, 1.165) is 11.1 Å². The number of pyridine rings is 1. The molecule has 2 rings (SSSR count). The lowest BCUT2D eigenvalue weighted by atomic mass is 9.94. The molecule has 3 N–H and O–H groups in total. The lowest BCUT2D eigenvalue weighted by Gasteiger charge is -2.23. The molecule has 0 spiro atoms. The molecule has 136 valence electrons. The molecule has 0 amide bonds. The van der Waals surface area contributed by atoms with E-state index in [0.29, 0.717) is 35.4 Å². The van der Waals surface area contributed by atoms with Gasteiger partial charge in [0.05, 0.1) is 5.69 Å². The Morgan fingerprint density at radius 3 is 2.28 bits per heavy atom. The zero-order valence-electron chi connectivity index (χ0n) is 15.0. The monoisotopic (exact) mass is 364 g/mol. The van der Waals surface area contributed by atoms with Crippen LogP contribution in [0.15, 0.2) is 24.5 Å². The Bertz CT molecular complexity index is 762. The first kappa shape index (κ1) is 19.3. The molecule has 1 aromatic carbocycles. The average Bonchev–Trinajstić information content (AvgIpc) is 2.60. The number of nitrogens with zero attached hydrogens (tertiary/aromatic N) is 1. The molecule has 25 heavy (non-hydrogen) atoms. The van der Waals surface area contributed by atoms with E-state index < -0.39 is 7.60 Å². The Labute approximate surface area is 148 Å². The molecule has 0 aliphatic heterocycles. The molecule has 1 aromatic heterocycles. The summed E-state index contributed by atoms with van der Waals surface area (Å²) < 4.78 is 18.2. The number of phenolic OH excluding ortho intramolecular Hbond substituents is 1. The van der Waals surface area contributed by atoms with Gasteiger partial charge in [-0.15, -0.1) is 0 Å². The summed E-state index contributed by atoms with van der Waals surface area (Å²) in [6, 6.07) is 3.50. The van der Waals surface area contributed by atoms with E-state index in [4.69, 9.17) is 4.52 Å². The maximum absolute atomic E-state index is 12.6. The maximum Gasteiger partial charge on any atom is 0.395 e. The van der Waals surface area contributed by atoms with Crippen LogP contribution in [0.3, 0.4) is 0 Å². The van der Waals surface area contributed by atoms with Gasteiger partial charge in [-0.25, -0.2) is 4.57 Å². The zero-order chi connectivity index (χ0) is 18.6. The van der Waals surface area contributed by atoms with Crippen LogP contribution in [-0.2, 0) is 17.4 Å². The number of anilines is 1. The standard InChI is InChI=1S/C18H25N2O4P/c1-5-15-12(3)17(21)13(4)16(6-2)18(15)24-25(22,23)11-20-14-8-7-9-19-10-14/h7-10,20-21H,5-6,11H2,1-4H3,(H,22,23). The van der Waals surface area contributed by atoms with Gasteiger partial charge in [0.25, 0.3) is 0 Å². The number of hydrogen-bond acceptors (Lipinski definition) is 5. The Balaban J connectivity index is 2.33. The number of nitrogens with one attached hydrogen (secondary N) is 1. The summed E-state index contributed by atoms with van der Waals surface area (Å²) in [5.74, 6) is 0.638. The molecular formula is C18H25N2O4P. The molecule has 0 aliphatic rings. The fourth-order valence-electron chi connectivity index (χ4n) is 2.88. The van der Waals surface area contributed by atoms with Crippen LogP contribution in [0.2, 0.25) is 0 Å². The van der Waals surface area contributed by atoms with E-state index in [-0.39, 0.29) is 12.0 Å². The molecule has 1 heterocycles. The van der Waals surface area contributed by atoms with Gasteiger partial charge in [-0.3, -0.25) is 4.98 Å². The third-order valence-corrected chi connectivity index (χ3v) is 5.28. The van der Waals surface area contributed by atoms with Crippen LogP contribution < -0.4 is 9.84 Å². The Morgan fingerprint density at radius 1 is 1.20 bits per heavy atom. The van der Waals surface area contributed by atoms with Crippen molar-refractivity contribution in [1.82, 2.24) is 4.98 Å². The largest absolute Gasteiger partial charge is 0.507 e. The molecule has 0 saturated heterocycles. The summed E-state index contributed by atoms with van der Waals surface area (Å²) in [4.78, 5) is 14.3. The van der Waals surface area contributed by atoms with Gasteiger partial charge in [-0.2, -0.15) is 0 Å². The predicted octanol–water partition coefficient (Wildman–Crippen LogP) is 4.16. The second-order valence-corrected chi connectivity index (χ2v) is 7.67. The predicted molar refractivity (Wildman–Crippen MR) is 99.5 cm³/mol. The minimum absolute atomic E-state index is 0.224. The topological polar surface area (TPSA) is 91.7 Å². The first-order valence-corrected chi connectivity index (χ1v) is 10.1. The third-order valence-electron chi connectivity index (χ3n) is 4.25. The average molecular weight is 364 g/mol. The number of phenols is 1. The molecule has 2 aromatic rings. The van der Waals surface area contributed by atoms with Gasteiger partial charge in [-0.05, 0) is 49.9 Å². The summed E-state index contributed by atoms with van der Waals surface area (Å²) in [6.07, 6.45) is 4.16. The lowest BCUT2D eigenvalue weighted by molar-refractivity contribution is 0.377. The van der Waals surface area contributed by atoms with Crippen molar-refractivity contribution in [1.29, 1.82) is 0 Å². The summed E-state index contributed by atoms with van der Waals surface area (Å²) in [5, 5.41) is 13.2. The fourth-order valence-corrected chi connectivity index (χ4v) is 3.84. The number of aromatic nitrogens is 1. The summed E-state index contributed by atoms with van der Waals surface area (Å²) >= 11 is 0. The van der Waals surface area contributed by atoms with E-state index >= 15 is 0 Å². The highest BCUT2D eigenvalue weighted by Crippen LogP contribution is 2.48. The molecule has 0 fully saturated rings. The van der Waals surface area contributed by atoms with E-state index in [1.165, 1.54) is 0 Å². The second-order valence-electron chi connectivity index (χ2n) is 5.90. The van der Waals surface area contributed by atoms with Gasteiger partial charge < -0.3 is 19.8 Å². The van der Waals surface area contributed by atoms with Gasteiger partial charge in [-0.1, -0.05) is 13.8 Å². The molecular weight excluding hydrogens is 339 g/mol. The van der Waals surface area contributed by atoms with E-state index in [1.54, 1.807) is 38.4 Å². The minimum Gasteiger partial charge on any atom is -0.507 e.